The molecule has 0 bridgehead atoms. The first-order chi connectivity index (χ1) is 13.2. The van der Waals surface area contributed by atoms with Crippen LogP contribution in [0.5, 0.6) is 0 Å². The van der Waals surface area contributed by atoms with E-state index in [9.17, 15) is 5.11 Å². The van der Waals surface area contributed by atoms with Gasteiger partial charge in [0.1, 0.15) is 6.10 Å². The van der Waals surface area contributed by atoms with E-state index >= 15 is 0 Å². The van der Waals surface area contributed by atoms with Crippen molar-refractivity contribution in [2.24, 2.45) is 5.41 Å². The average Bonchev–Trinajstić information content (AvgIpc) is 3.50. The van der Waals surface area contributed by atoms with E-state index in [-0.39, 0.29) is 11.5 Å². The summed E-state index contributed by atoms with van der Waals surface area (Å²) >= 11 is 0. The molecule has 2 saturated heterocycles. The summed E-state index contributed by atoms with van der Waals surface area (Å²) in [6.07, 6.45) is 6.36. The Bertz CT molecular complexity index is 374. The third-order valence-electron chi connectivity index (χ3n) is 5.88. The summed E-state index contributed by atoms with van der Waals surface area (Å²) in [4.78, 5) is 2.31. The first-order valence-electron chi connectivity index (χ1n) is 10.9. The molecule has 0 aromatic carbocycles. The van der Waals surface area contributed by atoms with E-state index in [1.807, 2.05) is 6.92 Å². The van der Waals surface area contributed by atoms with E-state index in [4.69, 9.17) is 18.9 Å². The first kappa shape index (κ1) is 23.0. The van der Waals surface area contributed by atoms with Crippen molar-refractivity contribution in [1.82, 2.24) is 4.90 Å². The predicted molar refractivity (Wildman–Crippen MR) is 106 cm³/mol. The zero-order valence-electron chi connectivity index (χ0n) is 17.5. The smallest absolute Gasteiger partial charge is 0.104 e. The van der Waals surface area contributed by atoms with Gasteiger partial charge in [-0.2, -0.15) is 0 Å². The Morgan fingerprint density at radius 2 is 1.89 bits per heavy atom. The highest BCUT2D eigenvalue weighted by Crippen LogP contribution is 2.35. The van der Waals surface area contributed by atoms with Crippen LogP contribution in [0.15, 0.2) is 0 Å². The maximum Gasteiger partial charge on any atom is 0.104 e. The molecule has 0 radical (unpaired) electrons. The summed E-state index contributed by atoms with van der Waals surface area (Å²) in [7, 11) is 0. The van der Waals surface area contributed by atoms with Gasteiger partial charge in [0.25, 0.3) is 0 Å². The molecule has 0 aromatic rings. The number of epoxide rings is 1. The van der Waals surface area contributed by atoms with Gasteiger partial charge in [-0.1, -0.05) is 13.3 Å². The maximum atomic E-state index is 10.4. The highest BCUT2D eigenvalue weighted by molar-refractivity contribution is 4.80. The van der Waals surface area contributed by atoms with Gasteiger partial charge in [-0.05, 0) is 44.4 Å². The summed E-state index contributed by atoms with van der Waals surface area (Å²) in [6.45, 7) is 12.5. The Hall–Kier alpha value is -0.240. The molecule has 3 unspecified atom stereocenters. The minimum atomic E-state index is -0.248. The first-order valence-corrected chi connectivity index (χ1v) is 10.9. The van der Waals surface area contributed by atoms with Crippen LogP contribution in [0, 0.1) is 5.41 Å². The molecular formula is C21H41NO5. The Morgan fingerprint density at radius 1 is 1.15 bits per heavy atom. The molecule has 1 N–H and O–H groups in total. The molecule has 6 nitrogen and oxygen atoms in total. The summed E-state index contributed by atoms with van der Waals surface area (Å²) in [5.41, 5.74) is 0.185. The zero-order valence-corrected chi connectivity index (χ0v) is 17.5. The van der Waals surface area contributed by atoms with Crippen molar-refractivity contribution in [3.8, 4) is 0 Å². The molecule has 3 atom stereocenters. The van der Waals surface area contributed by atoms with Crippen molar-refractivity contribution in [1.29, 1.82) is 0 Å². The maximum absolute atomic E-state index is 10.4. The van der Waals surface area contributed by atoms with E-state index < -0.39 is 0 Å². The van der Waals surface area contributed by atoms with Crippen molar-refractivity contribution in [2.75, 3.05) is 65.9 Å². The second-order valence-corrected chi connectivity index (χ2v) is 8.08. The van der Waals surface area contributed by atoms with Gasteiger partial charge in [0.05, 0.1) is 39.1 Å². The van der Waals surface area contributed by atoms with E-state index in [2.05, 4.69) is 11.8 Å². The molecule has 2 fully saturated rings. The molecule has 0 spiro atoms. The fourth-order valence-corrected chi connectivity index (χ4v) is 3.88. The summed E-state index contributed by atoms with van der Waals surface area (Å²) in [5.74, 6) is 0. The standard InChI is InChI=1S/C21H41NO5/c1-3-21(9-6-12-24-4-2,18-26-16-20-17-27-20)8-5-7-19(23)15-22-10-13-25-14-11-22/h19-20,23H,3-18H2,1-2H3. The lowest BCUT2D eigenvalue weighted by Gasteiger charge is -2.34. The number of nitrogens with zero attached hydrogens (tertiary/aromatic N) is 1. The van der Waals surface area contributed by atoms with Crippen molar-refractivity contribution in [3.05, 3.63) is 0 Å². The lowest BCUT2D eigenvalue weighted by molar-refractivity contribution is 0.00407. The molecule has 2 heterocycles. The lowest BCUT2D eigenvalue weighted by atomic mass is 9.77. The molecule has 27 heavy (non-hydrogen) atoms. The van der Waals surface area contributed by atoms with Crippen LogP contribution in [-0.4, -0.2) is 88.1 Å². The van der Waals surface area contributed by atoms with Crippen LogP contribution >= 0.6 is 0 Å². The highest BCUT2D eigenvalue weighted by atomic mass is 16.6. The topological polar surface area (TPSA) is 63.7 Å². The fourth-order valence-electron chi connectivity index (χ4n) is 3.88. The molecule has 2 aliphatic rings. The van der Waals surface area contributed by atoms with Gasteiger partial charge >= 0.3 is 0 Å². The molecular weight excluding hydrogens is 346 g/mol. The largest absolute Gasteiger partial charge is 0.392 e. The fraction of sp³-hybridized carbons (Fsp3) is 1.00. The van der Waals surface area contributed by atoms with Gasteiger partial charge in [0.15, 0.2) is 0 Å². The number of rotatable bonds is 16. The van der Waals surface area contributed by atoms with Crippen molar-refractivity contribution in [3.63, 3.8) is 0 Å². The summed E-state index contributed by atoms with van der Waals surface area (Å²) < 4.78 is 22.2. The molecule has 0 aromatic heterocycles. The minimum absolute atomic E-state index is 0.185. The van der Waals surface area contributed by atoms with Crippen LogP contribution in [0.4, 0.5) is 0 Å². The minimum Gasteiger partial charge on any atom is -0.392 e. The van der Waals surface area contributed by atoms with E-state index in [0.29, 0.717) is 12.7 Å². The van der Waals surface area contributed by atoms with E-state index in [1.165, 1.54) is 0 Å². The Morgan fingerprint density at radius 3 is 2.56 bits per heavy atom. The van der Waals surface area contributed by atoms with Crippen molar-refractivity contribution < 1.29 is 24.1 Å². The Labute approximate surface area is 165 Å². The predicted octanol–water partition coefficient (Wildman–Crippen LogP) is 2.48. The van der Waals surface area contributed by atoms with E-state index in [0.717, 1.165) is 97.8 Å². The third-order valence-corrected chi connectivity index (χ3v) is 5.88. The average molecular weight is 388 g/mol. The second-order valence-electron chi connectivity index (χ2n) is 8.08. The van der Waals surface area contributed by atoms with Gasteiger partial charge < -0.3 is 24.1 Å². The Kier molecular flexibility index (Phi) is 11.2. The molecule has 160 valence electrons. The molecule has 2 rings (SSSR count). The lowest BCUT2D eigenvalue weighted by Crippen LogP contribution is -2.41. The second kappa shape index (κ2) is 13.1. The van der Waals surface area contributed by atoms with Crippen LogP contribution in [0.2, 0.25) is 0 Å². The molecule has 0 aliphatic carbocycles. The summed E-state index contributed by atoms with van der Waals surface area (Å²) in [6, 6.07) is 0. The quantitative estimate of drug-likeness (QED) is 0.324. The molecule has 6 heteroatoms. The van der Waals surface area contributed by atoms with Crippen LogP contribution in [0.25, 0.3) is 0 Å². The van der Waals surface area contributed by atoms with Crippen LogP contribution in [0.1, 0.15) is 52.4 Å². The number of ether oxygens (including phenoxy) is 4. The number of β-amino-alcohol motifs (C(OH)–C–C–N with tert-alkyl or cyclic N) is 1. The number of hydrogen-bond acceptors (Lipinski definition) is 6. The highest BCUT2D eigenvalue weighted by Gasteiger charge is 2.30. The number of hydrogen-bond donors (Lipinski definition) is 1. The van der Waals surface area contributed by atoms with Crippen molar-refractivity contribution >= 4 is 0 Å². The molecule has 2 aliphatic heterocycles. The van der Waals surface area contributed by atoms with Gasteiger partial charge in [-0.25, -0.2) is 0 Å². The number of morpholine rings is 1. The van der Waals surface area contributed by atoms with Gasteiger partial charge in [-0.3, -0.25) is 4.90 Å². The molecule has 0 saturated carbocycles. The number of aliphatic hydroxyl groups is 1. The van der Waals surface area contributed by atoms with Crippen molar-refractivity contribution in [2.45, 2.75) is 64.6 Å². The SMILES string of the molecule is CCOCCCC(CC)(CCCC(O)CN1CCOCC1)COCC1CO1. The Balaban J connectivity index is 1.71. The van der Waals surface area contributed by atoms with Crippen LogP contribution < -0.4 is 0 Å². The molecule has 0 amide bonds. The zero-order chi connectivity index (χ0) is 19.4. The van der Waals surface area contributed by atoms with Gasteiger partial charge in [-0.15, -0.1) is 0 Å². The van der Waals surface area contributed by atoms with Crippen LogP contribution in [-0.2, 0) is 18.9 Å². The number of aliphatic hydroxyl groups excluding tert-OH is 1. The van der Waals surface area contributed by atoms with Gasteiger partial charge in [0.2, 0.25) is 0 Å². The third kappa shape index (κ3) is 9.68. The van der Waals surface area contributed by atoms with Gasteiger partial charge in [0, 0.05) is 32.8 Å². The van der Waals surface area contributed by atoms with Crippen LogP contribution in [0.3, 0.4) is 0 Å². The monoisotopic (exact) mass is 387 g/mol. The summed E-state index contributed by atoms with van der Waals surface area (Å²) in [5, 5.41) is 10.4. The normalized spacial score (nSPS) is 23.9. The van der Waals surface area contributed by atoms with E-state index in [1.54, 1.807) is 0 Å².